The molecule has 0 aromatic heterocycles. The summed E-state index contributed by atoms with van der Waals surface area (Å²) >= 11 is 0. The Morgan fingerprint density at radius 1 is 1.21 bits per heavy atom. The second-order valence-electron chi connectivity index (χ2n) is 7.18. The molecule has 2 amide bonds. The van der Waals surface area contributed by atoms with Gasteiger partial charge >= 0.3 is 6.09 Å². The third-order valence-corrected chi connectivity index (χ3v) is 5.75. The molecule has 128 valence electrons. The number of rotatable bonds is 1. The lowest BCUT2D eigenvalue weighted by Gasteiger charge is -2.36. The van der Waals surface area contributed by atoms with Crippen LogP contribution in [-0.4, -0.2) is 51.3 Å². The maximum absolute atomic E-state index is 13.3. The molecule has 3 aliphatic heterocycles. The largest absolute Gasteiger partial charge is 0.465 e. The van der Waals surface area contributed by atoms with E-state index in [0.29, 0.717) is 25.9 Å². The summed E-state index contributed by atoms with van der Waals surface area (Å²) < 4.78 is 6.35. The molecule has 1 aromatic carbocycles. The molecular weight excluding hydrogens is 308 g/mol. The first kappa shape index (κ1) is 15.4. The van der Waals surface area contributed by atoms with Gasteiger partial charge < -0.3 is 19.6 Å². The number of ether oxygens (including phenoxy) is 1. The smallest absolute Gasteiger partial charge is 0.407 e. The molecule has 3 aliphatic rings. The third-order valence-electron chi connectivity index (χ3n) is 5.75. The Hall–Kier alpha value is -2.08. The molecule has 3 saturated heterocycles. The summed E-state index contributed by atoms with van der Waals surface area (Å²) in [6.07, 6.45) is 1.65. The van der Waals surface area contributed by atoms with Crippen LogP contribution >= 0.6 is 0 Å². The van der Waals surface area contributed by atoms with E-state index in [1.54, 1.807) is 0 Å². The van der Waals surface area contributed by atoms with Gasteiger partial charge in [0.1, 0.15) is 5.72 Å². The number of carbonyl (C=O) groups excluding carboxylic acids is 1. The van der Waals surface area contributed by atoms with E-state index in [1.165, 1.54) is 4.90 Å². The van der Waals surface area contributed by atoms with Crippen molar-refractivity contribution in [1.82, 2.24) is 9.80 Å². The highest BCUT2D eigenvalue weighted by Crippen LogP contribution is 2.53. The summed E-state index contributed by atoms with van der Waals surface area (Å²) in [5.41, 5.74) is -0.296. The fourth-order valence-corrected chi connectivity index (χ4v) is 4.49. The standard InChI is InChI=1S/C18H22N2O4/c1-17-8-7-14(13-5-3-2-4-6-13)20(17)15(21)18(24-17)9-11-19(12-10-18)16(22)23/h2-6,14H,7-12H2,1H3,(H,22,23)/t14-,17+/m0/s1. The number of fused-ring (bicyclic) bond motifs is 1. The molecule has 3 fully saturated rings. The fourth-order valence-electron chi connectivity index (χ4n) is 4.49. The van der Waals surface area contributed by atoms with Crippen LogP contribution in [0.5, 0.6) is 0 Å². The van der Waals surface area contributed by atoms with E-state index >= 15 is 0 Å². The maximum atomic E-state index is 13.3. The van der Waals surface area contributed by atoms with E-state index in [4.69, 9.17) is 9.84 Å². The molecule has 1 spiro atoms. The van der Waals surface area contributed by atoms with Gasteiger partial charge in [0.05, 0.1) is 6.04 Å². The highest BCUT2D eigenvalue weighted by atomic mass is 16.6. The topological polar surface area (TPSA) is 70.1 Å². The van der Waals surface area contributed by atoms with Crippen LogP contribution in [0.15, 0.2) is 30.3 Å². The quantitative estimate of drug-likeness (QED) is 0.859. The number of piperidine rings is 1. The van der Waals surface area contributed by atoms with Crippen LogP contribution in [0.25, 0.3) is 0 Å². The van der Waals surface area contributed by atoms with Gasteiger partial charge in [0.15, 0.2) is 5.60 Å². The van der Waals surface area contributed by atoms with Gasteiger partial charge in [-0.25, -0.2) is 4.79 Å². The summed E-state index contributed by atoms with van der Waals surface area (Å²) in [4.78, 5) is 27.7. The van der Waals surface area contributed by atoms with Crippen LogP contribution in [0, 0.1) is 0 Å². The number of carboxylic acid groups (broad SMARTS) is 1. The fraction of sp³-hybridized carbons (Fsp3) is 0.556. The predicted molar refractivity (Wildman–Crippen MR) is 86.3 cm³/mol. The average Bonchev–Trinajstić information content (AvgIpc) is 3.01. The first-order valence-corrected chi connectivity index (χ1v) is 8.52. The molecule has 4 rings (SSSR count). The average molecular weight is 330 g/mol. The number of hydrogen-bond acceptors (Lipinski definition) is 3. The highest BCUT2D eigenvalue weighted by Gasteiger charge is 2.63. The minimum atomic E-state index is -0.927. The van der Waals surface area contributed by atoms with Gasteiger partial charge in [0.25, 0.3) is 5.91 Å². The summed E-state index contributed by atoms with van der Waals surface area (Å²) in [6.45, 7) is 2.69. The SMILES string of the molecule is C[C@@]12CC[C@@H](c3ccccc3)N1C(=O)C1(CCN(C(=O)O)CC1)O2. The van der Waals surface area contributed by atoms with Crippen molar-refractivity contribution in [1.29, 1.82) is 0 Å². The van der Waals surface area contributed by atoms with E-state index < -0.39 is 17.4 Å². The van der Waals surface area contributed by atoms with Crippen LogP contribution in [0.3, 0.4) is 0 Å². The molecule has 1 aromatic rings. The second-order valence-corrected chi connectivity index (χ2v) is 7.18. The van der Waals surface area contributed by atoms with Gasteiger partial charge in [-0.1, -0.05) is 30.3 Å². The Bertz CT molecular complexity index is 669. The zero-order valence-corrected chi connectivity index (χ0v) is 13.8. The Balaban J connectivity index is 1.61. The van der Waals surface area contributed by atoms with Gasteiger partial charge in [-0.3, -0.25) is 4.79 Å². The van der Waals surface area contributed by atoms with Gasteiger partial charge in [0.2, 0.25) is 0 Å². The van der Waals surface area contributed by atoms with Crippen molar-refractivity contribution in [2.75, 3.05) is 13.1 Å². The highest BCUT2D eigenvalue weighted by molar-refractivity contribution is 5.89. The summed E-state index contributed by atoms with van der Waals surface area (Å²) in [5.74, 6) is 0.0291. The molecule has 1 N–H and O–H groups in total. The lowest BCUT2D eigenvalue weighted by atomic mass is 9.89. The molecule has 0 aliphatic carbocycles. The van der Waals surface area contributed by atoms with Gasteiger partial charge in [-0.15, -0.1) is 0 Å². The van der Waals surface area contributed by atoms with Gasteiger partial charge in [-0.2, -0.15) is 0 Å². The van der Waals surface area contributed by atoms with E-state index in [2.05, 4.69) is 12.1 Å². The Labute approximate surface area is 141 Å². The molecule has 6 nitrogen and oxygen atoms in total. The Kier molecular flexibility index (Phi) is 3.35. The molecule has 0 bridgehead atoms. The monoisotopic (exact) mass is 330 g/mol. The number of benzene rings is 1. The lowest BCUT2D eigenvalue weighted by Crippen LogP contribution is -2.51. The van der Waals surface area contributed by atoms with Crippen LogP contribution in [0.2, 0.25) is 0 Å². The molecule has 24 heavy (non-hydrogen) atoms. The van der Waals surface area contributed by atoms with Crippen molar-refractivity contribution < 1.29 is 19.4 Å². The van der Waals surface area contributed by atoms with E-state index in [0.717, 1.165) is 18.4 Å². The summed E-state index contributed by atoms with van der Waals surface area (Å²) in [5, 5.41) is 9.13. The first-order valence-electron chi connectivity index (χ1n) is 8.52. The van der Waals surface area contributed by atoms with Crippen LogP contribution in [0.1, 0.15) is 44.2 Å². The van der Waals surface area contributed by atoms with Crippen LogP contribution < -0.4 is 0 Å². The van der Waals surface area contributed by atoms with Crippen molar-refractivity contribution in [3.05, 3.63) is 35.9 Å². The number of nitrogens with zero attached hydrogens (tertiary/aromatic N) is 2. The van der Waals surface area contributed by atoms with Crippen molar-refractivity contribution >= 4 is 12.0 Å². The number of carbonyl (C=O) groups is 2. The van der Waals surface area contributed by atoms with Crippen LogP contribution in [0.4, 0.5) is 4.79 Å². The molecule has 2 atom stereocenters. The zero-order chi connectivity index (χ0) is 16.9. The third kappa shape index (κ3) is 2.13. The zero-order valence-electron chi connectivity index (χ0n) is 13.8. The summed E-state index contributed by atoms with van der Waals surface area (Å²) in [6, 6.07) is 10.1. The first-order chi connectivity index (χ1) is 11.5. The molecule has 6 heteroatoms. The molecule has 0 radical (unpaired) electrons. The lowest BCUT2D eigenvalue weighted by molar-refractivity contribution is -0.148. The molecular formula is C18H22N2O4. The summed E-state index contributed by atoms with van der Waals surface area (Å²) in [7, 11) is 0. The van der Waals surface area contributed by atoms with Crippen molar-refractivity contribution in [3.63, 3.8) is 0 Å². The van der Waals surface area contributed by atoms with Gasteiger partial charge in [0, 0.05) is 25.9 Å². The van der Waals surface area contributed by atoms with Crippen LogP contribution in [-0.2, 0) is 9.53 Å². The number of hydrogen-bond donors (Lipinski definition) is 1. The van der Waals surface area contributed by atoms with E-state index in [-0.39, 0.29) is 11.9 Å². The minimum Gasteiger partial charge on any atom is -0.465 e. The van der Waals surface area contributed by atoms with E-state index in [1.807, 2.05) is 30.0 Å². The number of likely N-dealkylation sites (tertiary alicyclic amines) is 1. The van der Waals surface area contributed by atoms with Crippen molar-refractivity contribution in [2.24, 2.45) is 0 Å². The second kappa shape index (κ2) is 5.21. The minimum absolute atomic E-state index is 0.0291. The van der Waals surface area contributed by atoms with Crippen molar-refractivity contribution in [3.8, 4) is 0 Å². The number of amides is 2. The predicted octanol–water partition coefficient (Wildman–Crippen LogP) is 2.61. The molecule has 0 unspecified atom stereocenters. The maximum Gasteiger partial charge on any atom is 0.407 e. The Morgan fingerprint density at radius 2 is 1.88 bits per heavy atom. The Morgan fingerprint density at radius 3 is 2.50 bits per heavy atom. The van der Waals surface area contributed by atoms with E-state index in [9.17, 15) is 9.59 Å². The normalized spacial score (nSPS) is 31.5. The molecule has 3 heterocycles. The molecule has 0 saturated carbocycles. The van der Waals surface area contributed by atoms with Gasteiger partial charge in [-0.05, 0) is 25.3 Å². The van der Waals surface area contributed by atoms with Crippen molar-refractivity contribution in [2.45, 2.75) is 50.0 Å².